The predicted octanol–water partition coefficient (Wildman–Crippen LogP) is 3.70. The van der Waals surface area contributed by atoms with Crippen molar-refractivity contribution in [2.45, 2.75) is 60.1 Å². The summed E-state index contributed by atoms with van der Waals surface area (Å²) in [5, 5.41) is 0. The molecule has 1 aromatic heterocycles. The second-order valence-corrected chi connectivity index (χ2v) is 15.6. The van der Waals surface area contributed by atoms with Gasteiger partial charge in [-0.15, -0.1) is 0 Å². The van der Waals surface area contributed by atoms with Gasteiger partial charge in [0.25, 0.3) is 7.44 Å². The van der Waals surface area contributed by atoms with Crippen LogP contribution in [0.1, 0.15) is 27.7 Å². The molecule has 0 aliphatic carbocycles. The summed E-state index contributed by atoms with van der Waals surface area (Å²) >= 11 is 0. The first-order chi connectivity index (χ1) is 11.7. The number of imidazole rings is 1. The summed E-state index contributed by atoms with van der Waals surface area (Å²) in [7, 11) is -4.03. The highest BCUT2D eigenvalue weighted by atomic mass is 31.2. The zero-order chi connectivity index (χ0) is 19.1. The fraction of sp³-hybridized carbons (Fsp3) is 0.824. The number of hydrogen-bond acceptors (Lipinski definition) is 3. The van der Waals surface area contributed by atoms with E-state index in [0.717, 1.165) is 38.8 Å². The van der Waals surface area contributed by atoms with Gasteiger partial charge in [-0.05, 0) is 6.04 Å². The molecule has 0 amide bonds. The topological polar surface area (TPSA) is 50.6 Å². The van der Waals surface area contributed by atoms with E-state index in [-0.39, 0.29) is 0 Å². The van der Waals surface area contributed by atoms with Crippen molar-refractivity contribution in [3.8, 4) is 0 Å². The van der Waals surface area contributed by atoms with Gasteiger partial charge in [0.15, 0.2) is 0 Å². The minimum absolute atomic E-state index is 0.409. The van der Waals surface area contributed by atoms with Crippen LogP contribution in [0, 0.1) is 0 Å². The Morgan fingerprint density at radius 3 is 2.04 bits per heavy atom. The largest absolute Gasteiger partial charge is 0.361 e. The summed E-state index contributed by atoms with van der Waals surface area (Å²) in [6.07, 6.45) is 3.61. The Morgan fingerprint density at radius 2 is 1.60 bits per heavy atom. The first-order valence-electron chi connectivity index (χ1n) is 9.44. The van der Waals surface area contributed by atoms with E-state index in [1.165, 1.54) is 0 Å². The van der Waals surface area contributed by atoms with Crippen molar-refractivity contribution in [1.29, 1.82) is 0 Å². The van der Waals surface area contributed by atoms with Crippen LogP contribution >= 0.6 is 7.44 Å². The molecule has 146 valence electrons. The van der Waals surface area contributed by atoms with Crippen LogP contribution in [-0.2, 0) is 16.0 Å². The van der Waals surface area contributed by atoms with Crippen LogP contribution in [-0.4, -0.2) is 59.8 Å². The maximum atomic E-state index is 14.1. The van der Waals surface area contributed by atoms with Gasteiger partial charge in [-0.1, -0.05) is 47.3 Å². The molecule has 0 N–H and O–H groups in total. The lowest BCUT2D eigenvalue weighted by Crippen LogP contribution is -2.40. The zero-order valence-corrected chi connectivity index (χ0v) is 19.1. The number of nitrogens with zero attached hydrogens (tertiary/aromatic N) is 4. The van der Waals surface area contributed by atoms with Crippen LogP contribution in [0.5, 0.6) is 0 Å². The van der Waals surface area contributed by atoms with E-state index in [1.807, 2.05) is 20.1 Å². The third kappa shape index (κ3) is 5.76. The molecule has 0 saturated carbocycles. The highest BCUT2D eigenvalue weighted by Crippen LogP contribution is 2.51. The Balaban J connectivity index is 3.05. The van der Waals surface area contributed by atoms with E-state index < -0.39 is 15.5 Å². The van der Waals surface area contributed by atoms with E-state index in [4.69, 9.17) is 4.74 Å². The summed E-state index contributed by atoms with van der Waals surface area (Å²) in [6.45, 7) is 19.3. The van der Waals surface area contributed by atoms with Crippen molar-refractivity contribution >= 4 is 21.1 Å². The fourth-order valence-electron chi connectivity index (χ4n) is 2.85. The third-order valence-electron chi connectivity index (χ3n) is 4.41. The van der Waals surface area contributed by atoms with Crippen molar-refractivity contribution in [2.24, 2.45) is 0 Å². The standard InChI is InChI=1S/C17H37N4O2PSi/c1-8-20(9-2)24(22,21(10-3)11-4)17-18-12-13-19(17)16-23-14-15-25(5,6)7/h12-13H,8-11,14-16H2,1-7H3. The van der Waals surface area contributed by atoms with Crippen molar-refractivity contribution < 1.29 is 9.30 Å². The molecule has 0 aromatic carbocycles. The Labute approximate surface area is 155 Å². The quantitative estimate of drug-likeness (QED) is 0.310. The van der Waals surface area contributed by atoms with Gasteiger partial charge in [0, 0.05) is 53.3 Å². The van der Waals surface area contributed by atoms with E-state index >= 15 is 0 Å². The van der Waals surface area contributed by atoms with Crippen molar-refractivity contribution in [3.05, 3.63) is 12.4 Å². The van der Waals surface area contributed by atoms with E-state index in [0.29, 0.717) is 12.3 Å². The maximum Gasteiger partial charge on any atom is 0.280 e. The molecule has 6 nitrogen and oxygen atoms in total. The van der Waals surface area contributed by atoms with Crippen LogP contribution in [0.4, 0.5) is 0 Å². The molecule has 0 aliphatic heterocycles. The monoisotopic (exact) mass is 388 g/mol. The van der Waals surface area contributed by atoms with E-state index in [9.17, 15) is 4.57 Å². The minimum atomic E-state index is -2.92. The van der Waals surface area contributed by atoms with Crippen molar-refractivity contribution in [3.63, 3.8) is 0 Å². The second-order valence-electron chi connectivity index (χ2n) is 7.37. The molecule has 0 fully saturated rings. The highest BCUT2D eigenvalue weighted by Gasteiger charge is 2.39. The molecule has 0 aliphatic rings. The molecule has 0 saturated heterocycles. The summed E-state index contributed by atoms with van der Waals surface area (Å²) in [5.41, 5.74) is 0.632. The number of hydrogen-bond donors (Lipinski definition) is 0. The lowest BCUT2D eigenvalue weighted by Gasteiger charge is -2.37. The smallest absolute Gasteiger partial charge is 0.280 e. The lowest BCUT2D eigenvalue weighted by atomic mass is 10.7. The van der Waals surface area contributed by atoms with Gasteiger partial charge >= 0.3 is 0 Å². The Morgan fingerprint density at radius 1 is 1.08 bits per heavy atom. The lowest BCUT2D eigenvalue weighted by molar-refractivity contribution is 0.0889. The molecule has 8 heteroatoms. The highest BCUT2D eigenvalue weighted by molar-refractivity contribution is 7.66. The van der Waals surface area contributed by atoms with Gasteiger partial charge in [-0.3, -0.25) is 4.57 Å². The maximum absolute atomic E-state index is 14.1. The van der Waals surface area contributed by atoms with Crippen LogP contribution in [0.15, 0.2) is 12.4 Å². The van der Waals surface area contributed by atoms with Gasteiger partial charge in [0.05, 0.1) is 0 Å². The van der Waals surface area contributed by atoms with Crippen molar-refractivity contribution in [2.75, 3.05) is 32.8 Å². The van der Waals surface area contributed by atoms with E-state index in [2.05, 4.69) is 52.3 Å². The molecule has 1 heterocycles. The Bertz CT molecular complexity index is 535. The van der Waals surface area contributed by atoms with Gasteiger partial charge in [0.1, 0.15) is 6.73 Å². The van der Waals surface area contributed by atoms with E-state index in [1.54, 1.807) is 6.20 Å². The zero-order valence-electron chi connectivity index (χ0n) is 17.2. The number of aromatic nitrogens is 2. The Hall–Kier alpha value is -0.463. The number of rotatable bonds is 12. The summed E-state index contributed by atoms with van der Waals surface area (Å²) in [6, 6.07) is 1.13. The second kappa shape index (κ2) is 10.0. The molecule has 1 rings (SSSR count). The van der Waals surface area contributed by atoms with Crippen molar-refractivity contribution in [1.82, 2.24) is 18.9 Å². The van der Waals surface area contributed by atoms with Gasteiger partial charge < -0.3 is 9.30 Å². The summed E-state index contributed by atoms with van der Waals surface area (Å²) in [5.74, 6) is 0. The minimum Gasteiger partial charge on any atom is -0.361 e. The molecule has 0 radical (unpaired) electrons. The normalized spacial score (nSPS) is 13.2. The average molecular weight is 389 g/mol. The van der Waals surface area contributed by atoms with Crippen LogP contribution in [0.25, 0.3) is 0 Å². The fourth-order valence-corrected chi connectivity index (χ4v) is 6.68. The first-order valence-corrected chi connectivity index (χ1v) is 14.8. The molecule has 0 bridgehead atoms. The van der Waals surface area contributed by atoms with Crippen LogP contribution in [0.3, 0.4) is 0 Å². The van der Waals surface area contributed by atoms with Crippen LogP contribution in [0.2, 0.25) is 25.7 Å². The summed E-state index contributed by atoms with van der Waals surface area (Å²) < 4.78 is 26.0. The molecule has 25 heavy (non-hydrogen) atoms. The molecule has 1 aromatic rings. The van der Waals surface area contributed by atoms with Crippen LogP contribution < -0.4 is 5.57 Å². The van der Waals surface area contributed by atoms with Gasteiger partial charge in [0.2, 0.25) is 5.57 Å². The molecule has 0 unspecified atom stereocenters. The third-order valence-corrected chi connectivity index (χ3v) is 9.67. The molecular weight excluding hydrogens is 351 g/mol. The van der Waals surface area contributed by atoms with Gasteiger partial charge in [-0.25, -0.2) is 14.3 Å². The molecule has 0 spiro atoms. The SMILES string of the molecule is CCN(CC)P(=O)(c1nccn1COCC[Si](C)(C)C)N(CC)CC. The van der Waals surface area contributed by atoms with Gasteiger partial charge in [-0.2, -0.15) is 0 Å². The summed E-state index contributed by atoms with van der Waals surface area (Å²) in [4.78, 5) is 4.49. The molecular formula is C17H37N4O2PSi. The predicted molar refractivity (Wildman–Crippen MR) is 109 cm³/mol. The first kappa shape index (κ1) is 22.6. The molecule has 0 atom stereocenters. The Kier molecular flexibility index (Phi) is 9.05. The number of ether oxygens (including phenoxy) is 1. The average Bonchev–Trinajstić information content (AvgIpc) is 3.02.